The van der Waals surface area contributed by atoms with Gasteiger partial charge in [0.25, 0.3) is 5.91 Å². The molecule has 0 saturated carbocycles. The quantitative estimate of drug-likeness (QED) is 0.438. The standard InChI is InChI=1S/C28H32Cl2N4OS/c1-17(2)23-24(26(35)33-15-14-22(16-33)32(4)5)36-27-31-28(3,19-8-12-21(30)13-9-19)25(34(23)27)18-6-10-20(29)11-7-18/h6-13,17,22,25H,14-16H2,1-5H3/t22-,25?,28?/m1/s1. The SMILES string of the molecule is CC(C)C1=C(C(=O)N2CC[C@@H](N(C)C)C2)SC2=NC(C)(c3ccc(Cl)cc3)C(c3ccc(Cl)cc3)N21. The van der Waals surface area contributed by atoms with Gasteiger partial charge in [-0.05, 0) is 80.5 Å². The number of aliphatic imine (C=N–C) groups is 1. The molecule has 8 heteroatoms. The highest BCUT2D eigenvalue weighted by Gasteiger charge is 2.53. The second kappa shape index (κ2) is 9.71. The first kappa shape index (κ1) is 25.7. The first-order valence-corrected chi connectivity index (χ1v) is 14.0. The first-order chi connectivity index (χ1) is 17.1. The highest BCUT2D eigenvalue weighted by Crippen LogP contribution is 2.56. The summed E-state index contributed by atoms with van der Waals surface area (Å²) in [5.41, 5.74) is 2.68. The third-order valence-corrected chi connectivity index (χ3v) is 9.11. The molecular formula is C28H32Cl2N4OS. The normalized spacial score (nSPS) is 25.9. The van der Waals surface area contributed by atoms with Crippen LogP contribution in [0.5, 0.6) is 0 Å². The van der Waals surface area contributed by atoms with Gasteiger partial charge in [0, 0.05) is 34.9 Å². The molecule has 2 unspecified atom stereocenters. The molecular weight excluding hydrogens is 511 g/mol. The Balaban J connectivity index is 1.59. The summed E-state index contributed by atoms with van der Waals surface area (Å²) in [7, 11) is 4.17. The zero-order valence-corrected chi connectivity index (χ0v) is 23.7. The van der Waals surface area contributed by atoms with Gasteiger partial charge < -0.3 is 14.7 Å². The van der Waals surface area contributed by atoms with Crippen molar-refractivity contribution in [2.24, 2.45) is 10.9 Å². The van der Waals surface area contributed by atoms with E-state index in [4.69, 9.17) is 28.2 Å². The molecule has 190 valence electrons. The number of thioether (sulfide) groups is 1. The Morgan fingerprint density at radius 2 is 1.69 bits per heavy atom. The number of hydrogen-bond donors (Lipinski definition) is 0. The van der Waals surface area contributed by atoms with Crippen molar-refractivity contribution in [1.82, 2.24) is 14.7 Å². The van der Waals surface area contributed by atoms with Crippen LogP contribution in [0.15, 0.2) is 64.1 Å². The monoisotopic (exact) mass is 542 g/mol. The van der Waals surface area contributed by atoms with Crippen LogP contribution in [-0.2, 0) is 10.3 Å². The number of amides is 1. The number of fused-ring (bicyclic) bond motifs is 1. The molecule has 3 aliphatic rings. The average molecular weight is 544 g/mol. The van der Waals surface area contributed by atoms with Gasteiger partial charge in [-0.15, -0.1) is 0 Å². The van der Waals surface area contributed by atoms with Crippen LogP contribution < -0.4 is 0 Å². The van der Waals surface area contributed by atoms with Crippen LogP contribution in [0, 0.1) is 5.92 Å². The first-order valence-electron chi connectivity index (χ1n) is 12.4. The van der Waals surface area contributed by atoms with Crippen molar-refractivity contribution in [3.63, 3.8) is 0 Å². The van der Waals surface area contributed by atoms with E-state index in [9.17, 15) is 4.79 Å². The van der Waals surface area contributed by atoms with Crippen LogP contribution in [-0.4, -0.2) is 59.0 Å². The smallest absolute Gasteiger partial charge is 0.262 e. The van der Waals surface area contributed by atoms with Gasteiger partial charge in [-0.3, -0.25) is 4.79 Å². The lowest BCUT2D eigenvalue weighted by atomic mass is 9.81. The molecule has 0 bridgehead atoms. The summed E-state index contributed by atoms with van der Waals surface area (Å²) < 4.78 is 0. The lowest BCUT2D eigenvalue weighted by Gasteiger charge is -2.37. The number of allylic oxidation sites excluding steroid dienone is 1. The van der Waals surface area contributed by atoms with E-state index >= 15 is 0 Å². The number of amidine groups is 1. The van der Waals surface area contributed by atoms with E-state index in [1.807, 2.05) is 29.2 Å². The van der Waals surface area contributed by atoms with Gasteiger partial charge in [-0.2, -0.15) is 0 Å². The lowest BCUT2D eigenvalue weighted by Crippen LogP contribution is -2.37. The van der Waals surface area contributed by atoms with Gasteiger partial charge in [0.05, 0.1) is 6.04 Å². The van der Waals surface area contributed by atoms with Gasteiger partial charge in [-0.25, -0.2) is 4.99 Å². The molecule has 0 radical (unpaired) electrons. The van der Waals surface area contributed by atoms with Gasteiger partial charge >= 0.3 is 0 Å². The largest absolute Gasteiger partial charge is 0.337 e. The maximum absolute atomic E-state index is 13.8. The Bertz CT molecular complexity index is 1230. The van der Waals surface area contributed by atoms with Crippen molar-refractivity contribution in [2.45, 2.75) is 44.8 Å². The Kier molecular flexibility index (Phi) is 6.92. The maximum Gasteiger partial charge on any atom is 0.262 e. The molecule has 3 heterocycles. The lowest BCUT2D eigenvalue weighted by molar-refractivity contribution is -0.125. The number of rotatable bonds is 5. The highest BCUT2D eigenvalue weighted by atomic mass is 35.5. The summed E-state index contributed by atoms with van der Waals surface area (Å²) in [5, 5.41) is 2.27. The molecule has 0 aromatic heterocycles. The Morgan fingerprint density at radius 1 is 1.08 bits per heavy atom. The van der Waals surface area contributed by atoms with Crippen LogP contribution in [0.25, 0.3) is 0 Å². The molecule has 2 aromatic carbocycles. The molecule has 0 aliphatic carbocycles. The van der Waals surface area contributed by atoms with Crippen LogP contribution in [0.2, 0.25) is 10.0 Å². The minimum atomic E-state index is -0.556. The number of halogens is 2. The second-order valence-electron chi connectivity index (χ2n) is 10.5. The zero-order chi connectivity index (χ0) is 25.8. The van der Waals surface area contributed by atoms with Crippen LogP contribution >= 0.6 is 35.0 Å². The number of carbonyl (C=O) groups excluding carboxylic acids is 1. The van der Waals surface area contributed by atoms with Gasteiger partial charge in [0.1, 0.15) is 10.4 Å². The molecule has 1 saturated heterocycles. The summed E-state index contributed by atoms with van der Waals surface area (Å²) in [5.74, 6) is 0.270. The summed E-state index contributed by atoms with van der Waals surface area (Å²) in [6.07, 6.45) is 1.00. The van der Waals surface area contributed by atoms with E-state index in [0.29, 0.717) is 16.1 Å². The van der Waals surface area contributed by atoms with Crippen LogP contribution in [0.1, 0.15) is 44.4 Å². The fraction of sp³-hybridized carbons (Fsp3) is 0.429. The molecule has 1 fully saturated rings. The predicted molar refractivity (Wildman–Crippen MR) is 150 cm³/mol. The molecule has 36 heavy (non-hydrogen) atoms. The van der Waals surface area contributed by atoms with E-state index in [-0.39, 0.29) is 17.9 Å². The molecule has 0 spiro atoms. The van der Waals surface area contributed by atoms with Gasteiger partial charge in [0.2, 0.25) is 0 Å². The minimum absolute atomic E-state index is 0.116. The van der Waals surface area contributed by atoms with Crippen molar-refractivity contribution in [1.29, 1.82) is 0 Å². The Labute approximate surface area is 228 Å². The highest BCUT2D eigenvalue weighted by molar-refractivity contribution is 8.18. The summed E-state index contributed by atoms with van der Waals surface area (Å²) in [6, 6.07) is 16.2. The average Bonchev–Trinajstić information content (AvgIpc) is 3.52. The van der Waals surface area contributed by atoms with Crippen LogP contribution in [0.3, 0.4) is 0 Å². The zero-order valence-electron chi connectivity index (χ0n) is 21.3. The van der Waals surface area contributed by atoms with Crippen molar-refractivity contribution < 1.29 is 4.79 Å². The molecule has 3 atom stereocenters. The van der Waals surface area contributed by atoms with Gasteiger partial charge in [0.15, 0.2) is 5.17 Å². The topological polar surface area (TPSA) is 39.2 Å². The molecule has 1 amide bonds. The second-order valence-corrected chi connectivity index (χ2v) is 12.4. The third kappa shape index (κ3) is 4.36. The molecule has 5 rings (SSSR count). The summed E-state index contributed by atoms with van der Waals surface area (Å²) in [4.78, 5) is 26.5. The van der Waals surface area contributed by atoms with E-state index < -0.39 is 5.54 Å². The number of carbonyl (C=O) groups is 1. The van der Waals surface area contributed by atoms with Gasteiger partial charge in [-0.1, -0.05) is 61.3 Å². The van der Waals surface area contributed by atoms with Crippen molar-refractivity contribution in [2.75, 3.05) is 27.2 Å². The van der Waals surface area contributed by atoms with Crippen LogP contribution in [0.4, 0.5) is 0 Å². The maximum atomic E-state index is 13.8. The number of nitrogens with zero attached hydrogens (tertiary/aromatic N) is 4. The Morgan fingerprint density at radius 3 is 2.25 bits per heavy atom. The molecule has 3 aliphatic heterocycles. The number of benzene rings is 2. The van der Waals surface area contributed by atoms with Crippen molar-refractivity contribution in [3.8, 4) is 0 Å². The third-order valence-electron chi connectivity index (χ3n) is 7.55. The van der Waals surface area contributed by atoms with E-state index in [2.05, 4.69) is 68.9 Å². The number of hydrogen-bond acceptors (Lipinski definition) is 5. The fourth-order valence-corrected chi connectivity index (χ4v) is 7.18. The summed E-state index contributed by atoms with van der Waals surface area (Å²) in [6.45, 7) is 8.04. The molecule has 0 N–H and O–H groups in total. The number of likely N-dealkylation sites (N-methyl/N-ethyl adjacent to an activating group) is 1. The van der Waals surface area contributed by atoms with Crippen molar-refractivity contribution >= 4 is 46.0 Å². The van der Waals surface area contributed by atoms with E-state index in [0.717, 1.165) is 46.4 Å². The molecule has 5 nitrogen and oxygen atoms in total. The Hall–Kier alpha value is -1.99. The van der Waals surface area contributed by atoms with Crippen molar-refractivity contribution in [3.05, 3.63) is 80.3 Å². The summed E-state index contributed by atoms with van der Waals surface area (Å²) >= 11 is 14.0. The molecule has 2 aromatic rings. The predicted octanol–water partition coefficient (Wildman–Crippen LogP) is 6.40. The minimum Gasteiger partial charge on any atom is -0.337 e. The fourth-order valence-electron chi connectivity index (χ4n) is 5.56. The van der Waals surface area contributed by atoms with E-state index in [1.54, 1.807) is 0 Å². The van der Waals surface area contributed by atoms with E-state index in [1.165, 1.54) is 11.8 Å². The number of likely N-dealkylation sites (tertiary alicyclic amines) is 1.